The number of β-amino-alcohol motifs (C(OH)–C–C–N with tert-alkyl or cyclic N) is 1. The lowest BCUT2D eigenvalue weighted by atomic mass is 9.77. The molecule has 1 aliphatic rings. The van der Waals surface area contributed by atoms with Crippen LogP contribution in [0.4, 0.5) is 0 Å². The van der Waals surface area contributed by atoms with Crippen molar-refractivity contribution in [3.63, 3.8) is 0 Å². The molecule has 0 saturated heterocycles. The topological polar surface area (TPSA) is 55.7 Å². The summed E-state index contributed by atoms with van der Waals surface area (Å²) in [7, 11) is 0. The summed E-state index contributed by atoms with van der Waals surface area (Å²) >= 11 is 0. The van der Waals surface area contributed by atoms with Crippen molar-refractivity contribution in [2.75, 3.05) is 32.8 Å². The van der Waals surface area contributed by atoms with E-state index >= 15 is 0 Å². The molecule has 0 radical (unpaired) electrons. The van der Waals surface area contributed by atoms with Crippen LogP contribution in [0.25, 0.3) is 0 Å². The van der Waals surface area contributed by atoms with E-state index in [0.29, 0.717) is 13.1 Å². The molecule has 0 aromatic heterocycles. The van der Waals surface area contributed by atoms with Gasteiger partial charge in [0.15, 0.2) is 0 Å². The second-order valence-corrected chi connectivity index (χ2v) is 6.14. The van der Waals surface area contributed by atoms with Crippen LogP contribution in [-0.2, 0) is 0 Å². The lowest BCUT2D eigenvalue weighted by Gasteiger charge is -2.39. The molecule has 1 unspecified atom stereocenters. The molecule has 114 valence electrons. The molecule has 4 nitrogen and oxygen atoms in total. The lowest BCUT2D eigenvalue weighted by Crippen LogP contribution is -2.54. The number of aliphatic hydroxyl groups is 2. The molecule has 3 N–H and O–H groups in total. The van der Waals surface area contributed by atoms with Gasteiger partial charge in [-0.1, -0.05) is 20.8 Å². The molecule has 4 heteroatoms. The summed E-state index contributed by atoms with van der Waals surface area (Å²) in [6.07, 6.45) is 4.01. The molecule has 0 aliphatic heterocycles. The number of aliphatic hydroxyl groups excluding tert-OH is 2. The van der Waals surface area contributed by atoms with Gasteiger partial charge >= 0.3 is 0 Å². The third-order valence-electron chi connectivity index (χ3n) is 4.61. The molecule has 1 atom stereocenters. The van der Waals surface area contributed by atoms with E-state index in [4.69, 9.17) is 0 Å². The quantitative estimate of drug-likeness (QED) is 0.622. The van der Waals surface area contributed by atoms with Gasteiger partial charge in [0.05, 0.1) is 12.7 Å². The smallest absolute Gasteiger partial charge is 0.0791 e. The summed E-state index contributed by atoms with van der Waals surface area (Å²) in [5.41, 5.74) is -0.156. The molecule has 0 spiro atoms. The first-order valence-corrected chi connectivity index (χ1v) is 7.81. The highest BCUT2D eigenvalue weighted by molar-refractivity contribution is 4.92. The zero-order valence-corrected chi connectivity index (χ0v) is 12.9. The molecule has 1 rings (SSSR count). The maximum absolute atomic E-state index is 10.1. The maximum atomic E-state index is 10.1. The third kappa shape index (κ3) is 5.38. The normalized spacial score (nSPS) is 29.7. The Balaban J connectivity index is 2.36. The van der Waals surface area contributed by atoms with Gasteiger partial charge in [-0.05, 0) is 44.7 Å². The number of hydrogen-bond acceptors (Lipinski definition) is 4. The van der Waals surface area contributed by atoms with E-state index in [2.05, 4.69) is 31.0 Å². The Hall–Kier alpha value is -0.160. The van der Waals surface area contributed by atoms with Gasteiger partial charge in [-0.15, -0.1) is 0 Å². The van der Waals surface area contributed by atoms with E-state index in [0.717, 1.165) is 31.8 Å². The van der Waals surface area contributed by atoms with Crippen molar-refractivity contribution in [1.29, 1.82) is 0 Å². The second-order valence-electron chi connectivity index (χ2n) is 6.14. The Morgan fingerprint density at radius 1 is 1.26 bits per heavy atom. The van der Waals surface area contributed by atoms with Crippen LogP contribution < -0.4 is 5.32 Å². The predicted molar refractivity (Wildman–Crippen MR) is 79.2 cm³/mol. The molecular weight excluding hydrogens is 240 g/mol. The summed E-state index contributed by atoms with van der Waals surface area (Å²) in [5, 5.41) is 23.2. The van der Waals surface area contributed by atoms with Crippen LogP contribution >= 0.6 is 0 Å². The fourth-order valence-corrected chi connectivity index (χ4v) is 2.88. The van der Waals surface area contributed by atoms with E-state index in [1.165, 1.54) is 12.8 Å². The summed E-state index contributed by atoms with van der Waals surface area (Å²) in [5.74, 6) is 0.766. The van der Waals surface area contributed by atoms with Crippen molar-refractivity contribution in [1.82, 2.24) is 10.2 Å². The standard InChI is InChI=1S/C15H32N2O2/c1-4-17(5-2)11-14(19)10-16-15(12-18)8-6-13(3)7-9-15/h13-14,16,18-19H,4-12H2,1-3H3. The maximum Gasteiger partial charge on any atom is 0.0791 e. The van der Waals surface area contributed by atoms with Crippen molar-refractivity contribution in [2.45, 2.75) is 58.1 Å². The van der Waals surface area contributed by atoms with Gasteiger partial charge in [-0.3, -0.25) is 0 Å². The predicted octanol–water partition coefficient (Wildman–Crippen LogP) is 1.22. The van der Waals surface area contributed by atoms with Crippen molar-refractivity contribution in [3.05, 3.63) is 0 Å². The molecule has 0 aromatic carbocycles. The molecule has 0 amide bonds. The third-order valence-corrected chi connectivity index (χ3v) is 4.61. The molecule has 0 aromatic rings. The van der Waals surface area contributed by atoms with E-state index in [1.807, 2.05) is 0 Å². The van der Waals surface area contributed by atoms with Crippen LogP contribution in [0.1, 0.15) is 46.5 Å². The Labute approximate surface area is 118 Å². The van der Waals surface area contributed by atoms with Gasteiger partial charge in [0.1, 0.15) is 0 Å². The first-order valence-electron chi connectivity index (χ1n) is 7.81. The highest BCUT2D eigenvalue weighted by Gasteiger charge is 2.33. The first-order chi connectivity index (χ1) is 9.05. The average Bonchev–Trinajstić information content (AvgIpc) is 2.44. The molecule has 1 fully saturated rings. The van der Waals surface area contributed by atoms with E-state index in [-0.39, 0.29) is 18.2 Å². The Kier molecular flexibility index (Phi) is 7.29. The lowest BCUT2D eigenvalue weighted by molar-refractivity contribution is 0.0700. The van der Waals surface area contributed by atoms with Crippen LogP contribution in [0.2, 0.25) is 0 Å². The van der Waals surface area contributed by atoms with Crippen LogP contribution in [0, 0.1) is 5.92 Å². The van der Waals surface area contributed by atoms with Crippen molar-refractivity contribution in [2.24, 2.45) is 5.92 Å². The minimum Gasteiger partial charge on any atom is -0.394 e. The van der Waals surface area contributed by atoms with Gasteiger partial charge < -0.3 is 20.4 Å². The summed E-state index contributed by atoms with van der Waals surface area (Å²) in [4.78, 5) is 2.22. The highest BCUT2D eigenvalue weighted by atomic mass is 16.3. The molecular formula is C15H32N2O2. The second kappa shape index (κ2) is 8.20. The number of likely N-dealkylation sites (N-methyl/N-ethyl adjacent to an activating group) is 1. The van der Waals surface area contributed by atoms with Crippen LogP contribution in [0.5, 0.6) is 0 Å². The fraction of sp³-hybridized carbons (Fsp3) is 1.00. The van der Waals surface area contributed by atoms with Crippen LogP contribution in [0.15, 0.2) is 0 Å². The highest BCUT2D eigenvalue weighted by Crippen LogP contribution is 2.31. The minimum atomic E-state index is -0.359. The van der Waals surface area contributed by atoms with Crippen molar-refractivity contribution < 1.29 is 10.2 Å². The van der Waals surface area contributed by atoms with E-state index in [9.17, 15) is 10.2 Å². The van der Waals surface area contributed by atoms with Gasteiger partial charge in [-0.2, -0.15) is 0 Å². The zero-order chi connectivity index (χ0) is 14.3. The Morgan fingerprint density at radius 2 is 1.84 bits per heavy atom. The minimum absolute atomic E-state index is 0.156. The van der Waals surface area contributed by atoms with Crippen LogP contribution in [0.3, 0.4) is 0 Å². The largest absolute Gasteiger partial charge is 0.394 e. The Bertz CT molecular complexity index is 236. The molecule has 19 heavy (non-hydrogen) atoms. The summed E-state index contributed by atoms with van der Waals surface area (Å²) < 4.78 is 0. The molecule has 0 bridgehead atoms. The number of nitrogens with one attached hydrogen (secondary N) is 1. The first kappa shape index (κ1) is 16.9. The van der Waals surface area contributed by atoms with E-state index < -0.39 is 0 Å². The van der Waals surface area contributed by atoms with Gasteiger partial charge in [0, 0.05) is 18.6 Å². The van der Waals surface area contributed by atoms with Crippen LogP contribution in [-0.4, -0.2) is 59.5 Å². The number of rotatable bonds is 8. The van der Waals surface area contributed by atoms with E-state index in [1.54, 1.807) is 0 Å². The summed E-state index contributed by atoms with van der Waals surface area (Å²) in [6.45, 7) is 9.90. The molecule has 1 aliphatic carbocycles. The molecule has 0 heterocycles. The Morgan fingerprint density at radius 3 is 2.32 bits per heavy atom. The average molecular weight is 272 g/mol. The van der Waals surface area contributed by atoms with Gasteiger partial charge in [0.25, 0.3) is 0 Å². The van der Waals surface area contributed by atoms with Gasteiger partial charge in [-0.25, -0.2) is 0 Å². The number of hydrogen-bond donors (Lipinski definition) is 3. The SMILES string of the molecule is CCN(CC)CC(O)CNC1(CO)CCC(C)CC1. The zero-order valence-electron chi connectivity index (χ0n) is 12.9. The van der Waals surface area contributed by atoms with Crippen molar-refractivity contribution >= 4 is 0 Å². The van der Waals surface area contributed by atoms with Gasteiger partial charge in [0.2, 0.25) is 0 Å². The molecule has 1 saturated carbocycles. The summed E-state index contributed by atoms with van der Waals surface area (Å²) in [6, 6.07) is 0. The number of nitrogens with zero attached hydrogens (tertiary/aromatic N) is 1. The van der Waals surface area contributed by atoms with Crippen molar-refractivity contribution in [3.8, 4) is 0 Å². The fourth-order valence-electron chi connectivity index (χ4n) is 2.88. The monoisotopic (exact) mass is 272 g/mol.